The number of phenols is 1. The Labute approximate surface area is 164 Å². The molecule has 4 rings (SSSR count). The third-order valence-electron chi connectivity index (χ3n) is 6.03. The maximum atomic E-state index is 11.2. The lowest BCUT2D eigenvalue weighted by Crippen LogP contribution is -2.30. The summed E-state index contributed by atoms with van der Waals surface area (Å²) in [7, 11) is 0. The maximum absolute atomic E-state index is 11.2. The van der Waals surface area contributed by atoms with Gasteiger partial charge in [0.15, 0.2) is 0 Å². The standard InChI is InChI=1S/C22H25N3O3/c1-3-24(4-2)14-8-10-20-18(12-14)16-6-5-7-17(16)22(23-20)19-13-15(25(27)28)9-11-21(19)26/h5-6,8-13,16-17,22-23,26H,3-4,7H2,1-2H3. The number of aromatic hydroxyl groups is 1. The summed E-state index contributed by atoms with van der Waals surface area (Å²) in [5.74, 6) is 0.541. The molecular formula is C22H25N3O3. The molecule has 6 nitrogen and oxygen atoms in total. The van der Waals surface area contributed by atoms with Gasteiger partial charge in [0.2, 0.25) is 0 Å². The van der Waals surface area contributed by atoms with E-state index in [1.165, 1.54) is 29.4 Å². The Morgan fingerprint density at radius 3 is 2.68 bits per heavy atom. The van der Waals surface area contributed by atoms with E-state index in [1.807, 2.05) is 0 Å². The maximum Gasteiger partial charge on any atom is 0.270 e. The Morgan fingerprint density at radius 2 is 1.96 bits per heavy atom. The van der Waals surface area contributed by atoms with Crippen molar-refractivity contribution in [3.63, 3.8) is 0 Å². The van der Waals surface area contributed by atoms with E-state index >= 15 is 0 Å². The van der Waals surface area contributed by atoms with E-state index < -0.39 is 4.92 Å². The van der Waals surface area contributed by atoms with Gasteiger partial charge in [-0.3, -0.25) is 10.1 Å². The highest BCUT2D eigenvalue weighted by molar-refractivity contribution is 5.66. The smallest absolute Gasteiger partial charge is 0.270 e. The first-order valence-corrected chi connectivity index (χ1v) is 9.82. The van der Waals surface area contributed by atoms with Crippen molar-refractivity contribution in [2.24, 2.45) is 5.92 Å². The zero-order valence-corrected chi connectivity index (χ0v) is 16.1. The van der Waals surface area contributed by atoms with Crippen LogP contribution in [0.3, 0.4) is 0 Å². The summed E-state index contributed by atoms with van der Waals surface area (Å²) in [5, 5.41) is 25.2. The van der Waals surface area contributed by atoms with Gasteiger partial charge in [0.05, 0.1) is 11.0 Å². The molecule has 0 radical (unpaired) electrons. The SMILES string of the molecule is CCN(CC)c1ccc2c(c1)C1C=CCC1C(c1cc([N+](=O)[O-])ccc1O)N2. The minimum absolute atomic E-state index is 0.000200. The molecule has 0 bridgehead atoms. The number of anilines is 2. The minimum Gasteiger partial charge on any atom is -0.508 e. The van der Waals surface area contributed by atoms with Gasteiger partial charge < -0.3 is 15.3 Å². The van der Waals surface area contributed by atoms with Gasteiger partial charge in [0.1, 0.15) is 5.75 Å². The molecule has 0 aromatic heterocycles. The van der Waals surface area contributed by atoms with Gasteiger partial charge in [-0.25, -0.2) is 0 Å². The number of nitro benzene ring substituents is 1. The van der Waals surface area contributed by atoms with Gasteiger partial charge in [0.25, 0.3) is 5.69 Å². The lowest BCUT2D eigenvalue weighted by atomic mass is 9.76. The highest BCUT2D eigenvalue weighted by atomic mass is 16.6. The van der Waals surface area contributed by atoms with Crippen LogP contribution in [0.1, 0.15) is 43.4 Å². The summed E-state index contributed by atoms with van der Waals surface area (Å²) in [4.78, 5) is 13.1. The summed E-state index contributed by atoms with van der Waals surface area (Å²) in [6, 6.07) is 10.5. The second-order valence-electron chi connectivity index (χ2n) is 7.42. The van der Waals surface area contributed by atoms with Crippen molar-refractivity contribution in [1.82, 2.24) is 0 Å². The molecule has 146 valence electrons. The van der Waals surface area contributed by atoms with Crippen LogP contribution in [-0.4, -0.2) is 23.1 Å². The molecule has 3 unspecified atom stereocenters. The molecular weight excluding hydrogens is 354 g/mol. The first kappa shape index (κ1) is 18.3. The summed E-state index contributed by atoms with van der Waals surface area (Å²) in [5.41, 5.74) is 4.08. The number of phenolic OH excluding ortho intramolecular Hbond substituents is 1. The van der Waals surface area contributed by atoms with Crippen molar-refractivity contribution in [2.75, 3.05) is 23.3 Å². The number of nitro groups is 1. The fourth-order valence-corrected chi connectivity index (χ4v) is 4.58. The molecule has 2 N–H and O–H groups in total. The second kappa shape index (κ2) is 7.19. The first-order chi connectivity index (χ1) is 13.5. The topological polar surface area (TPSA) is 78.6 Å². The lowest BCUT2D eigenvalue weighted by Gasteiger charge is -2.38. The predicted octanol–water partition coefficient (Wildman–Crippen LogP) is 4.97. The molecule has 2 aromatic carbocycles. The van der Waals surface area contributed by atoms with E-state index in [0.717, 1.165) is 25.2 Å². The number of hydrogen-bond acceptors (Lipinski definition) is 5. The van der Waals surface area contributed by atoms with Crippen LogP contribution in [0.25, 0.3) is 0 Å². The van der Waals surface area contributed by atoms with Crippen LogP contribution in [-0.2, 0) is 0 Å². The number of rotatable bonds is 5. The lowest BCUT2D eigenvalue weighted by molar-refractivity contribution is -0.385. The number of benzene rings is 2. The number of nitrogens with zero attached hydrogens (tertiary/aromatic N) is 2. The molecule has 0 amide bonds. The van der Waals surface area contributed by atoms with Gasteiger partial charge in [-0.1, -0.05) is 12.2 Å². The van der Waals surface area contributed by atoms with Crippen molar-refractivity contribution in [2.45, 2.75) is 32.2 Å². The highest BCUT2D eigenvalue weighted by Crippen LogP contribution is 2.52. The fraction of sp³-hybridized carbons (Fsp3) is 0.364. The monoisotopic (exact) mass is 379 g/mol. The number of nitrogens with one attached hydrogen (secondary N) is 1. The van der Waals surface area contributed by atoms with Crippen molar-refractivity contribution < 1.29 is 10.0 Å². The highest BCUT2D eigenvalue weighted by Gasteiger charge is 2.39. The Morgan fingerprint density at radius 1 is 1.18 bits per heavy atom. The zero-order valence-electron chi connectivity index (χ0n) is 16.1. The van der Waals surface area contributed by atoms with Crippen molar-refractivity contribution in [3.8, 4) is 5.75 Å². The molecule has 1 heterocycles. The van der Waals surface area contributed by atoms with Crippen LogP contribution < -0.4 is 10.2 Å². The summed E-state index contributed by atoms with van der Waals surface area (Å²) >= 11 is 0. The van der Waals surface area contributed by atoms with Crippen LogP contribution in [0.4, 0.5) is 17.1 Å². The van der Waals surface area contributed by atoms with Gasteiger partial charge in [-0.05, 0) is 56.0 Å². The van der Waals surface area contributed by atoms with Gasteiger partial charge in [-0.2, -0.15) is 0 Å². The molecule has 3 atom stereocenters. The molecule has 0 spiro atoms. The van der Waals surface area contributed by atoms with Crippen LogP contribution in [0.15, 0.2) is 48.6 Å². The van der Waals surface area contributed by atoms with Crippen molar-refractivity contribution in [3.05, 3.63) is 69.8 Å². The number of fused-ring (bicyclic) bond motifs is 3. The molecule has 6 heteroatoms. The third-order valence-corrected chi connectivity index (χ3v) is 6.03. The first-order valence-electron chi connectivity index (χ1n) is 9.82. The number of hydrogen-bond donors (Lipinski definition) is 2. The van der Waals surface area contributed by atoms with E-state index in [1.54, 1.807) is 0 Å². The Bertz CT molecular complexity index is 937. The van der Waals surface area contributed by atoms with E-state index in [4.69, 9.17) is 0 Å². The van der Waals surface area contributed by atoms with E-state index in [2.05, 4.69) is 54.4 Å². The predicted molar refractivity (Wildman–Crippen MR) is 111 cm³/mol. The molecule has 2 aliphatic rings. The number of non-ortho nitro benzene ring substituents is 1. The molecule has 0 saturated carbocycles. The summed E-state index contributed by atoms with van der Waals surface area (Å²) in [6.07, 6.45) is 5.29. The Balaban J connectivity index is 1.76. The molecule has 0 fully saturated rings. The minimum atomic E-state index is -0.416. The van der Waals surface area contributed by atoms with Gasteiger partial charge in [-0.15, -0.1) is 0 Å². The molecule has 28 heavy (non-hydrogen) atoms. The summed E-state index contributed by atoms with van der Waals surface area (Å²) < 4.78 is 0. The molecule has 0 saturated heterocycles. The second-order valence-corrected chi connectivity index (χ2v) is 7.42. The van der Waals surface area contributed by atoms with Gasteiger partial charge in [0, 0.05) is 48.1 Å². The number of allylic oxidation sites excluding steroid dienone is 2. The van der Waals surface area contributed by atoms with E-state index in [0.29, 0.717) is 5.56 Å². The average Bonchev–Trinajstić information content (AvgIpc) is 3.19. The average molecular weight is 379 g/mol. The third kappa shape index (κ3) is 2.99. The molecule has 1 aliphatic carbocycles. The normalized spacial score (nSPS) is 22.3. The zero-order chi connectivity index (χ0) is 19.8. The van der Waals surface area contributed by atoms with Crippen LogP contribution in [0.5, 0.6) is 5.75 Å². The van der Waals surface area contributed by atoms with Gasteiger partial charge >= 0.3 is 0 Å². The molecule has 2 aromatic rings. The van der Waals surface area contributed by atoms with Crippen LogP contribution >= 0.6 is 0 Å². The largest absolute Gasteiger partial charge is 0.508 e. The fourth-order valence-electron chi connectivity index (χ4n) is 4.58. The Kier molecular flexibility index (Phi) is 4.71. The van der Waals surface area contributed by atoms with Crippen molar-refractivity contribution >= 4 is 17.1 Å². The van der Waals surface area contributed by atoms with Crippen molar-refractivity contribution in [1.29, 1.82) is 0 Å². The molecule has 1 aliphatic heterocycles. The quantitative estimate of drug-likeness (QED) is 0.435. The van der Waals surface area contributed by atoms with Crippen LogP contribution in [0.2, 0.25) is 0 Å². The van der Waals surface area contributed by atoms with Crippen LogP contribution in [0, 0.1) is 16.0 Å². The Hall–Kier alpha value is -3.02. The van der Waals surface area contributed by atoms with E-state index in [9.17, 15) is 15.2 Å². The van der Waals surface area contributed by atoms with E-state index in [-0.39, 0.29) is 29.3 Å². The summed E-state index contributed by atoms with van der Waals surface area (Å²) in [6.45, 7) is 6.22.